The first-order valence-corrected chi connectivity index (χ1v) is 6.36. The highest BCUT2D eigenvalue weighted by molar-refractivity contribution is 5.72. The van der Waals surface area contributed by atoms with Crippen LogP contribution < -0.4 is 0 Å². The third kappa shape index (κ3) is 3.71. The fraction of sp³-hybridized carbons (Fsp3) is 0.429. The third-order valence-corrected chi connectivity index (χ3v) is 3.23. The molecule has 1 aromatic rings. The molecule has 0 spiro atoms. The molecule has 1 amide bonds. The molecule has 1 aliphatic rings. The van der Waals surface area contributed by atoms with E-state index in [9.17, 15) is 9.59 Å². The largest absolute Gasteiger partial charge is 0.481 e. The molecule has 0 bridgehead atoms. The first-order chi connectivity index (χ1) is 9.16. The summed E-state index contributed by atoms with van der Waals surface area (Å²) in [7, 11) is 0. The molecule has 2 rings (SSSR count). The van der Waals surface area contributed by atoms with Crippen LogP contribution in [-0.4, -0.2) is 34.7 Å². The zero-order valence-corrected chi connectivity index (χ0v) is 10.6. The molecule has 0 aliphatic carbocycles. The van der Waals surface area contributed by atoms with Crippen molar-refractivity contribution in [2.24, 2.45) is 0 Å². The average Bonchev–Trinajstić information content (AvgIpc) is 2.84. The Morgan fingerprint density at radius 1 is 1.32 bits per heavy atom. The number of carbonyl (C=O) groups is 2. The highest BCUT2D eigenvalue weighted by Gasteiger charge is 2.31. The first-order valence-electron chi connectivity index (χ1n) is 6.36. The van der Waals surface area contributed by atoms with E-state index in [-0.39, 0.29) is 19.1 Å². The average molecular weight is 263 g/mol. The lowest BCUT2D eigenvalue weighted by molar-refractivity contribution is -0.138. The van der Waals surface area contributed by atoms with E-state index in [0.717, 1.165) is 18.4 Å². The molecule has 1 N–H and O–H groups in total. The molecule has 1 heterocycles. The van der Waals surface area contributed by atoms with Gasteiger partial charge in [-0.2, -0.15) is 0 Å². The summed E-state index contributed by atoms with van der Waals surface area (Å²) in [5.41, 5.74) is 0.921. The number of hydrogen-bond acceptors (Lipinski definition) is 3. The van der Waals surface area contributed by atoms with E-state index >= 15 is 0 Å². The van der Waals surface area contributed by atoms with Crippen LogP contribution in [0.15, 0.2) is 30.3 Å². The number of carboxylic acid groups (broad SMARTS) is 1. The Morgan fingerprint density at radius 3 is 2.74 bits per heavy atom. The first kappa shape index (κ1) is 13.4. The molecule has 1 aliphatic heterocycles. The lowest BCUT2D eigenvalue weighted by atomic mass is 10.1. The van der Waals surface area contributed by atoms with Crippen molar-refractivity contribution in [3.05, 3.63) is 35.9 Å². The van der Waals surface area contributed by atoms with Gasteiger partial charge >= 0.3 is 12.1 Å². The number of rotatable bonds is 4. The normalized spacial score (nSPS) is 18.3. The summed E-state index contributed by atoms with van der Waals surface area (Å²) in [6.07, 6.45) is 1.12. The number of likely N-dealkylation sites (tertiary alicyclic amines) is 1. The van der Waals surface area contributed by atoms with Gasteiger partial charge < -0.3 is 14.7 Å². The van der Waals surface area contributed by atoms with Crippen molar-refractivity contribution >= 4 is 12.1 Å². The SMILES string of the molecule is O=C(O)C[C@@H]1CCCN1C(=O)OCc1ccccc1. The zero-order chi connectivity index (χ0) is 13.7. The van der Waals surface area contributed by atoms with E-state index in [2.05, 4.69) is 0 Å². The molecule has 19 heavy (non-hydrogen) atoms. The molecule has 1 aromatic carbocycles. The van der Waals surface area contributed by atoms with Gasteiger partial charge in [-0.3, -0.25) is 4.79 Å². The summed E-state index contributed by atoms with van der Waals surface area (Å²) >= 11 is 0. The highest BCUT2D eigenvalue weighted by atomic mass is 16.6. The lowest BCUT2D eigenvalue weighted by Crippen LogP contribution is -2.37. The molecule has 0 saturated carbocycles. The van der Waals surface area contributed by atoms with Gasteiger partial charge in [0.2, 0.25) is 0 Å². The van der Waals surface area contributed by atoms with Crippen molar-refractivity contribution in [2.75, 3.05) is 6.54 Å². The van der Waals surface area contributed by atoms with Crippen molar-refractivity contribution in [1.29, 1.82) is 0 Å². The number of aliphatic carboxylic acids is 1. The topological polar surface area (TPSA) is 66.8 Å². The molecule has 1 fully saturated rings. The van der Waals surface area contributed by atoms with Crippen LogP contribution in [0.1, 0.15) is 24.8 Å². The molecule has 0 radical (unpaired) electrons. The lowest BCUT2D eigenvalue weighted by Gasteiger charge is -2.22. The quantitative estimate of drug-likeness (QED) is 0.904. The smallest absolute Gasteiger partial charge is 0.410 e. The number of hydrogen-bond donors (Lipinski definition) is 1. The Morgan fingerprint density at radius 2 is 2.05 bits per heavy atom. The van der Waals surface area contributed by atoms with E-state index in [1.54, 1.807) is 0 Å². The van der Waals surface area contributed by atoms with Crippen molar-refractivity contribution in [3.8, 4) is 0 Å². The predicted octanol–water partition coefficient (Wildman–Crippen LogP) is 2.26. The van der Waals surface area contributed by atoms with Crippen LogP contribution in [0.25, 0.3) is 0 Å². The minimum atomic E-state index is -0.882. The van der Waals surface area contributed by atoms with Crippen molar-refractivity contribution in [3.63, 3.8) is 0 Å². The van der Waals surface area contributed by atoms with E-state index in [0.29, 0.717) is 6.54 Å². The molecule has 0 aromatic heterocycles. The van der Waals surface area contributed by atoms with Crippen LogP contribution in [0.2, 0.25) is 0 Å². The molecular weight excluding hydrogens is 246 g/mol. The van der Waals surface area contributed by atoms with Gasteiger partial charge in [0, 0.05) is 12.6 Å². The maximum Gasteiger partial charge on any atom is 0.410 e. The molecular formula is C14H17NO4. The second-order valence-electron chi connectivity index (χ2n) is 4.63. The van der Waals surface area contributed by atoms with Crippen LogP contribution in [-0.2, 0) is 16.1 Å². The maximum absolute atomic E-state index is 11.9. The molecule has 1 atom stereocenters. The monoisotopic (exact) mass is 263 g/mol. The van der Waals surface area contributed by atoms with E-state index in [1.165, 1.54) is 4.90 Å². The molecule has 102 valence electrons. The third-order valence-electron chi connectivity index (χ3n) is 3.23. The van der Waals surface area contributed by atoms with Gasteiger partial charge in [0.05, 0.1) is 6.42 Å². The number of amides is 1. The fourth-order valence-electron chi connectivity index (χ4n) is 2.29. The standard InChI is InChI=1S/C14H17NO4/c16-13(17)9-12-7-4-8-15(12)14(18)19-10-11-5-2-1-3-6-11/h1-3,5-6,12H,4,7-10H2,(H,16,17)/t12-/m0/s1. The zero-order valence-electron chi connectivity index (χ0n) is 10.6. The van der Waals surface area contributed by atoms with E-state index in [4.69, 9.17) is 9.84 Å². The molecule has 1 saturated heterocycles. The van der Waals surface area contributed by atoms with E-state index < -0.39 is 12.1 Å². The van der Waals surface area contributed by atoms with Crippen molar-refractivity contribution in [2.45, 2.75) is 31.9 Å². The fourth-order valence-corrected chi connectivity index (χ4v) is 2.29. The number of nitrogens with zero attached hydrogens (tertiary/aromatic N) is 1. The van der Waals surface area contributed by atoms with Gasteiger partial charge in [0.1, 0.15) is 6.61 Å². The summed E-state index contributed by atoms with van der Waals surface area (Å²) < 4.78 is 5.22. The summed E-state index contributed by atoms with van der Waals surface area (Å²) in [6.45, 7) is 0.793. The summed E-state index contributed by atoms with van der Waals surface area (Å²) in [5.74, 6) is -0.882. The number of benzene rings is 1. The predicted molar refractivity (Wildman–Crippen MR) is 68.6 cm³/mol. The number of carboxylic acids is 1. The Kier molecular flexibility index (Phi) is 4.39. The Hall–Kier alpha value is -2.04. The Balaban J connectivity index is 1.87. The number of ether oxygens (including phenoxy) is 1. The van der Waals surface area contributed by atoms with Crippen LogP contribution in [0.3, 0.4) is 0 Å². The van der Waals surface area contributed by atoms with Gasteiger partial charge in [0.25, 0.3) is 0 Å². The van der Waals surface area contributed by atoms with Crippen molar-refractivity contribution in [1.82, 2.24) is 4.90 Å². The summed E-state index contributed by atoms with van der Waals surface area (Å²) in [5, 5.41) is 8.80. The maximum atomic E-state index is 11.9. The van der Waals surface area contributed by atoms with Crippen molar-refractivity contribution < 1.29 is 19.4 Å². The second kappa shape index (κ2) is 6.22. The minimum absolute atomic E-state index is 0.0135. The minimum Gasteiger partial charge on any atom is -0.481 e. The van der Waals surface area contributed by atoms with Crippen LogP contribution >= 0.6 is 0 Å². The molecule has 5 heteroatoms. The van der Waals surface area contributed by atoms with Gasteiger partial charge in [-0.05, 0) is 18.4 Å². The van der Waals surface area contributed by atoms with Crippen LogP contribution in [0.4, 0.5) is 4.79 Å². The molecule has 5 nitrogen and oxygen atoms in total. The van der Waals surface area contributed by atoms with Crippen LogP contribution in [0, 0.1) is 0 Å². The summed E-state index contributed by atoms with van der Waals surface area (Å²) in [6, 6.07) is 9.19. The van der Waals surface area contributed by atoms with Gasteiger partial charge in [-0.25, -0.2) is 4.79 Å². The van der Waals surface area contributed by atoms with Gasteiger partial charge in [0.15, 0.2) is 0 Å². The summed E-state index contributed by atoms with van der Waals surface area (Å²) in [4.78, 5) is 24.2. The number of carbonyl (C=O) groups excluding carboxylic acids is 1. The Labute approximate surface area is 111 Å². The highest BCUT2D eigenvalue weighted by Crippen LogP contribution is 2.21. The van der Waals surface area contributed by atoms with Gasteiger partial charge in [-0.15, -0.1) is 0 Å². The van der Waals surface area contributed by atoms with Crippen LogP contribution in [0.5, 0.6) is 0 Å². The second-order valence-corrected chi connectivity index (χ2v) is 4.63. The molecule has 0 unspecified atom stereocenters. The Bertz CT molecular complexity index is 446. The van der Waals surface area contributed by atoms with E-state index in [1.807, 2.05) is 30.3 Å². The van der Waals surface area contributed by atoms with Gasteiger partial charge in [-0.1, -0.05) is 30.3 Å².